The third-order valence-corrected chi connectivity index (χ3v) is 5.39. The van der Waals surface area contributed by atoms with E-state index in [-0.39, 0.29) is 6.29 Å². The van der Waals surface area contributed by atoms with Gasteiger partial charge in [0.15, 0.2) is 6.29 Å². The molecule has 76 valence electrons. The van der Waals surface area contributed by atoms with Gasteiger partial charge in [-0.05, 0) is 12.8 Å². The summed E-state index contributed by atoms with van der Waals surface area (Å²) in [5.74, 6) is 2.64. The molecule has 2 aliphatic rings. The van der Waals surface area contributed by atoms with Crippen molar-refractivity contribution in [2.45, 2.75) is 30.1 Å². The highest BCUT2D eigenvalue weighted by molar-refractivity contribution is 8.20. The fourth-order valence-electron chi connectivity index (χ4n) is 1.55. The monoisotopic (exact) mass is 220 g/mol. The van der Waals surface area contributed by atoms with E-state index in [1.807, 2.05) is 0 Å². The molecule has 0 spiro atoms. The van der Waals surface area contributed by atoms with Crippen molar-refractivity contribution >= 4 is 23.5 Å². The second-order valence-electron chi connectivity index (χ2n) is 3.27. The van der Waals surface area contributed by atoms with Crippen molar-refractivity contribution in [1.82, 2.24) is 0 Å². The number of ether oxygens (including phenoxy) is 2. The predicted molar refractivity (Wildman–Crippen MR) is 58.2 cm³/mol. The summed E-state index contributed by atoms with van der Waals surface area (Å²) in [6, 6.07) is 0. The summed E-state index contributed by atoms with van der Waals surface area (Å²) in [4.78, 5) is 0. The van der Waals surface area contributed by atoms with Crippen LogP contribution in [0.1, 0.15) is 19.3 Å². The van der Waals surface area contributed by atoms with Gasteiger partial charge in [-0.25, -0.2) is 0 Å². The Morgan fingerprint density at radius 1 is 1.00 bits per heavy atom. The molecular formula is C9H16O2S2. The Labute approximate surface area is 88.1 Å². The first-order chi connectivity index (χ1) is 6.45. The molecule has 0 aromatic rings. The minimum Gasteiger partial charge on any atom is -0.353 e. The predicted octanol–water partition coefficient (Wildman–Crippen LogP) is 2.34. The van der Waals surface area contributed by atoms with Crippen molar-refractivity contribution in [2.24, 2.45) is 0 Å². The Bertz CT molecular complexity index is 143. The standard InChI is InChI=1S/C9H16O2S2/c1-4-10-8(11-5-1)2-3-9-12-6-7-13-9/h8-9H,1-7H2. The van der Waals surface area contributed by atoms with Crippen molar-refractivity contribution in [3.05, 3.63) is 0 Å². The molecule has 2 fully saturated rings. The van der Waals surface area contributed by atoms with Gasteiger partial charge in [-0.1, -0.05) is 0 Å². The highest BCUT2D eigenvalue weighted by Crippen LogP contribution is 2.35. The largest absolute Gasteiger partial charge is 0.353 e. The van der Waals surface area contributed by atoms with E-state index in [0.29, 0.717) is 0 Å². The molecule has 2 saturated heterocycles. The Morgan fingerprint density at radius 2 is 1.69 bits per heavy atom. The first-order valence-corrected chi connectivity index (χ1v) is 7.01. The summed E-state index contributed by atoms with van der Waals surface area (Å²) in [7, 11) is 0. The van der Waals surface area contributed by atoms with Gasteiger partial charge in [-0.15, -0.1) is 23.5 Å². The van der Waals surface area contributed by atoms with Crippen LogP contribution in [-0.4, -0.2) is 35.6 Å². The lowest BCUT2D eigenvalue weighted by Gasteiger charge is -2.23. The van der Waals surface area contributed by atoms with Gasteiger partial charge in [-0.3, -0.25) is 0 Å². The first kappa shape index (κ1) is 10.1. The van der Waals surface area contributed by atoms with E-state index in [1.54, 1.807) is 0 Å². The van der Waals surface area contributed by atoms with Gasteiger partial charge in [0, 0.05) is 17.9 Å². The zero-order valence-electron chi connectivity index (χ0n) is 7.74. The van der Waals surface area contributed by atoms with Gasteiger partial charge in [0.05, 0.1) is 17.8 Å². The van der Waals surface area contributed by atoms with E-state index in [4.69, 9.17) is 9.47 Å². The average molecular weight is 220 g/mol. The highest BCUT2D eigenvalue weighted by atomic mass is 32.2. The molecule has 2 aliphatic heterocycles. The van der Waals surface area contributed by atoms with Crippen LogP contribution in [0.25, 0.3) is 0 Å². The summed E-state index contributed by atoms with van der Waals surface area (Å²) >= 11 is 4.17. The van der Waals surface area contributed by atoms with Crippen LogP contribution in [0, 0.1) is 0 Å². The van der Waals surface area contributed by atoms with Gasteiger partial charge >= 0.3 is 0 Å². The van der Waals surface area contributed by atoms with Crippen LogP contribution in [0.5, 0.6) is 0 Å². The van der Waals surface area contributed by atoms with Crippen LogP contribution in [0.15, 0.2) is 0 Å². The number of rotatable bonds is 3. The fourth-order valence-corrected chi connectivity index (χ4v) is 4.41. The lowest BCUT2D eigenvalue weighted by atomic mass is 10.3. The van der Waals surface area contributed by atoms with Crippen molar-refractivity contribution in [3.8, 4) is 0 Å². The van der Waals surface area contributed by atoms with E-state index in [2.05, 4.69) is 23.5 Å². The molecule has 0 aromatic heterocycles. The van der Waals surface area contributed by atoms with Gasteiger partial charge in [-0.2, -0.15) is 0 Å². The van der Waals surface area contributed by atoms with Crippen molar-refractivity contribution < 1.29 is 9.47 Å². The van der Waals surface area contributed by atoms with Crippen LogP contribution in [-0.2, 0) is 9.47 Å². The van der Waals surface area contributed by atoms with Crippen molar-refractivity contribution in [2.75, 3.05) is 24.7 Å². The highest BCUT2D eigenvalue weighted by Gasteiger charge is 2.20. The molecule has 2 rings (SSSR count). The van der Waals surface area contributed by atoms with Gasteiger partial charge in [0.2, 0.25) is 0 Å². The van der Waals surface area contributed by atoms with Crippen LogP contribution in [0.3, 0.4) is 0 Å². The molecule has 0 radical (unpaired) electrons. The minimum atomic E-state index is 0.0931. The summed E-state index contributed by atoms with van der Waals surface area (Å²) in [5.41, 5.74) is 0. The second kappa shape index (κ2) is 5.49. The zero-order valence-corrected chi connectivity index (χ0v) is 9.37. The maximum absolute atomic E-state index is 5.50. The summed E-state index contributed by atoms with van der Waals surface area (Å²) < 4.78 is 11.8. The topological polar surface area (TPSA) is 18.5 Å². The SMILES string of the molecule is C1COC(CCC2SCCS2)OC1. The lowest BCUT2D eigenvalue weighted by molar-refractivity contribution is -0.181. The summed E-state index contributed by atoms with van der Waals surface area (Å²) in [6.07, 6.45) is 3.46. The van der Waals surface area contributed by atoms with E-state index >= 15 is 0 Å². The van der Waals surface area contributed by atoms with Crippen LogP contribution >= 0.6 is 23.5 Å². The average Bonchev–Trinajstić information content (AvgIpc) is 2.69. The van der Waals surface area contributed by atoms with Crippen LogP contribution < -0.4 is 0 Å². The molecule has 0 atom stereocenters. The molecule has 0 aliphatic carbocycles. The molecule has 2 heterocycles. The van der Waals surface area contributed by atoms with Gasteiger partial charge < -0.3 is 9.47 Å². The maximum atomic E-state index is 5.50. The minimum absolute atomic E-state index is 0.0931. The molecule has 0 saturated carbocycles. The molecule has 0 bridgehead atoms. The van der Waals surface area contributed by atoms with E-state index < -0.39 is 0 Å². The van der Waals surface area contributed by atoms with Crippen molar-refractivity contribution in [1.29, 1.82) is 0 Å². The van der Waals surface area contributed by atoms with Crippen LogP contribution in [0.2, 0.25) is 0 Å². The van der Waals surface area contributed by atoms with Gasteiger partial charge in [0.1, 0.15) is 0 Å². The smallest absolute Gasteiger partial charge is 0.157 e. The zero-order chi connectivity index (χ0) is 8.93. The summed E-state index contributed by atoms with van der Waals surface area (Å²) in [5, 5.41) is 0. The molecule has 2 nitrogen and oxygen atoms in total. The third kappa shape index (κ3) is 3.35. The molecule has 13 heavy (non-hydrogen) atoms. The Hall–Kier alpha value is 0.620. The molecule has 0 aromatic carbocycles. The molecule has 4 heteroatoms. The Morgan fingerprint density at radius 3 is 2.38 bits per heavy atom. The third-order valence-electron chi connectivity index (χ3n) is 2.23. The molecule has 0 unspecified atom stereocenters. The Balaban J connectivity index is 1.60. The van der Waals surface area contributed by atoms with E-state index in [0.717, 1.165) is 30.6 Å². The van der Waals surface area contributed by atoms with E-state index in [9.17, 15) is 0 Å². The Kier molecular flexibility index (Phi) is 4.28. The number of thioether (sulfide) groups is 2. The van der Waals surface area contributed by atoms with Crippen LogP contribution in [0.4, 0.5) is 0 Å². The summed E-state index contributed by atoms with van der Waals surface area (Å²) in [6.45, 7) is 1.77. The number of hydrogen-bond donors (Lipinski definition) is 0. The molecule has 0 amide bonds. The maximum Gasteiger partial charge on any atom is 0.157 e. The second-order valence-corrected chi connectivity index (χ2v) is 6.19. The quantitative estimate of drug-likeness (QED) is 0.726. The van der Waals surface area contributed by atoms with Gasteiger partial charge in [0.25, 0.3) is 0 Å². The fraction of sp³-hybridized carbons (Fsp3) is 1.00. The molecular weight excluding hydrogens is 204 g/mol. The molecule has 0 N–H and O–H groups in total. The van der Waals surface area contributed by atoms with Crippen molar-refractivity contribution in [3.63, 3.8) is 0 Å². The number of hydrogen-bond acceptors (Lipinski definition) is 4. The normalized spacial score (nSPS) is 26.8. The lowest BCUT2D eigenvalue weighted by Crippen LogP contribution is -2.25. The van der Waals surface area contributed by atoms with E-state index in [1.165, 1.54) is 17.9 Å². The first-order valence-electron chi connectivity index (χ1n) is 4.91.